The highest BCUT2D eigenvalue weighted by Gasteiger charge is 2.26. The van der Waals surface area contributed by atoms with Gasteiger partial charge in [-0.15, -0.1) is 0 Å². The van der Waals surface area contributed by atoms with Crippen LogP contribution in [0.5, 0.6) is 0 Å². The maximum absolute atomic E-state index is 10.3. The summed E-state index contributed by atoms with van der Waals surface area (Å²) in [6, 6.07) is 9.05. The van der Waals surface area contributed by atoms with Crippen molar-refractivity contribution >= 4 is 0 Å². The van der Waals surface area contributed by atoms with Crippen LogP contribution < -0.4 is 5.32 Å². The maximum Gasteiger partial charge on any atom is 0.0766 e. The highest BCUT2D eigenvalue weighted by molar-refractivity contribution is 5.34. The monoisotopic (exact) mass is 233 g/mol. The number of fused-ring (bicyclic) bond motifs is 1. The summed E-state index contributed by atoms with van der Waals surface area (Å²) in [6.45, 7) is 4.79. The first-order chi connectivity index (χ1) is 8.18. The third-order valence-electron chi connectivity index (χ3n) is 4.13. The van der Waals surface area contributed by atoms with Gasteiger partial charge in [-0.05, 0) is 36.8 Å². The molecule has 0 heterocycles. The highest BCUT2D eigenvalue weighted by atomic mass is 16.3. The van der Waals surface area contributed by atoms with Gasteiger partial charge in [-0.2, -0.15) is 0 Å². The fraction of sp³-hybridized carbons (Fsp3) is 0.600. The summed E-state index contributed by atoms with van der Waals surface area (Å²) in [4.78, 5) is 0. The minimum Gasteiger partial charge on any atom is -0.389 e. The zero-order valence-electron chi connectivity index (χ0n) is 10.9. The third-order valence-corrected chi connectivity index (χ3v) is 4.13. The number of rotatable bonds is 5. The number of nitrogens with one attached hydrogen (secondary N) is 1. The Morgan fingerprint density at radius 1 is 1.29 bits per heavy atom. The van der Waals surface area contributed by atoms with Gasteiger partial charge < -0.3 is 10.4 Å². The minimum atomic E-state index is -0.544. The molecule has 0 aliphatic heterocycles. The minimum absolute atomic E-state index is 0.427. The van der Waals surface area contributed by atoms with Crippen molar-refractivity contribution < 1.29 is 5.11 Å². The van der Waals surface area contributed by atoms with E-state index in [9.17, 15) is 5.11 Å². The summed E-state index contributed by atoms with van der Waals surface area (Å²) < 4.78 is 0. The van der Waals surface area contributed by atoms with Crippen molar-refractivity contribution in [3.8, 4) is 0 Å². The second-order valence-electron chi connectivity index (χ2n) is 5.10. The molecular formula is C15H23NO. The molecule has 0 saturated heterocycles. The largest absolute Gasteiger partial charge is 0.389 e. The Hall–Kier alpha value is -0.860. The number of benzene rings is 1. The molecule has 1 aliphatic carbocycles. The molecule has 0 spiro atoms. The van der Waals surface area contributed by atoms with E-state index in [-0.39, 0.29) is 0 Å². The van der Waals surface area contributed by atoms with Gasteiger partial charge in [0.15, 0.2) is 0 Å². The van der Waals surface area contributed by atoms with Crippen LogP contribution in [0.15, 0.2) is 24.3 Å². The van der Waals surface area contributed by atoms with E-state index >= 15 is 0 Å². The summed E-state index contributed by atoms with van der Waals surface area (Å²) in [5.74, 6) is 0. The van der Waals surface area contributed by atoms with Crippen LogP contribution in [0, 0.1) is 0 Å². The lowest BCUT2D eigenvalue weighted by atomic mass is 9.96. The van der Waals surface area contributed by atoms with Crippen LogP contribution in [0.2, 0.25) is 0 Å². The molecule has 2 rings (SSSR count). The van der Waals surface area contributed by atoms with Gasteiger partial charge >= 0.3 is 0 Å². The van der Waals surface area contributed by atoms with E-state index < -0.39 is 5.60 Å². The average molecular weight is 233 g/mol. The van der Waals surface area contributed by atoms with Crippen molar-refractivity contribution in [2.45, 2.75) is 51.2 Å². The standard InChI is InChI=1S/C15H23NO/c1-3-15(17,4-2)11-16-14-10-9-12-7-5-6-8-13(12)14/h5-8,14,16-17H,3-4,9-11H2,1-2H3. The van der Waals surface area contributed by atoms with Gasteiger partial charge in [-0.1, -0.05) is 38.1 Å². The second kappa shape index (κ2) is 5.19. The van der Waals surface area contributed by atoms with Crippen LogP contribution in [0.3, 0.4) is 0 Å². The van der Waals surface area contributed by atoms with Gasteiger partial charge in [-0.3, -0.25) is 0 Å². The molecule has 0 amide bonds. The molecule has 1 unspecified atom stereocenters. The van der Waals surface area contributed by atoms with Crippen molar-refractivity contribution in [3.63, 3.8) is 0 Å². The highest BCUT2D eigenvalue weighted by Crippen LogP contribution is 2.31. The Bertz CT molecular complexity index is 371. The number of hydrogen-bond acceptors (Lipinski definition) is 2. The van der Waals surface area contributed by atoms with Crippen LogP contribution in [-0.4, -0.2) is 17.3 Å². The van der Waals surface area contributed by atoms with Crippen molar-refractivity contribution in [1.29, 1.82) is 0 Å². The van der Waals surface area contributed by atoms with Crippen LogP contribution in [-0.2, 0) is 6.42 Å². The van der Waals surface area contributed by atoms with Crippen molar-refractivity contribution in [1.82, 2.24) is 5.32 Å². The Morgan fingerprint density at radius 3 is 2.71 bits per heavy atom. The van der Waals surface area contributed by atoms with Gasteiger partial charge in [0.05, 0.1) is 5.60 Å². The molecule has 2 nitrogen and oxygen atoms in total. The second-order valence-corrected chi connectivity index (χ2v) is 5.10. The van der Waals surface area contributed by atoms with Crippen LogP contribution in [0.25, 0.3) is 0 Å². The molecule has 1 aliphatic rings. The molecule has 0 radical (unpaired) electrons. The van der Waals surface area contributed by atoms with Gasteiger partial charge in [0.1, 0.15) is 0 Å². The number of aliphatic hydroxyl groups is 1. The third kappa shape index (κ3) is 2.70. The maximum atomic E-state index is 10.3. The Balaban J connectivity index is 1.98. The number of aryl methyl sites for hydroxylation is 1. The lowest BCUT2D eigenvalue weighted by Gasteiger charge is -2.27. The van der Waals surface area contributed by atoms with Crippen molar-refractivity contribution in [3.05, 3.63) is 35.4 Å². The Kier molecular flexibility index (Phi) is 3.85. The summed E-state index contributed by atoms with van der Waals surface area (Å²) in [6.07, 6.45) is 3.93. The van der Waals surface area contributed by atoms with E-state index in [1.165, 1.54) is 11.1 Å². The van der Waals surface area contributed by atoms with E-state index in [4.69, 9.17) is 0 Å². The van der Waals surface area contributed by atoms with Crippen molar-refractivity contribution in [2.75, 3.05) is 6.54 Å². The molecule has 2 N–H and O–H groups in total. The van der Waals surface area contributed by atoms with E-state index in [1.807, 2.05) is 13.8 Å². The smallest absolute Gasteiger partial charge is 0.0766 e. The molecule has 2 heteroatoms. The predicted octanol–water partition coefficient (Wildman–Crippen LogP) is 2.81. The summed E-state index contributed by atoms with van der Waals surface area (Å²) in [5, 5.41) is 13.8. The molecule has 17 heavy (non-hydrogen) atoms. The first-order valence-corrected chi connectivity index (χ1v) is 6.72. The molecule has 0 aromatic heterocycles. The summed E-state index contributed by atoms with van der Waals surface area (Å²) in [5.41, 5.74) is 2.33. The molecule has 1 aromatic rings. The quantitative estimate of drug-likeness (QED) is 0.819. The SMILES string of the molecule is CCC(O)(CC)CNC1CCc2ccccc21. The van der Waals surface area contributed by atoms with Crippen LogP contribution in [0.4, 0.5) is 0 Å². The molecular weight excluding hydrogens is 210 g/mol. The molecule has 94 valence electrons. The average Bonchev–Trinajstić information content (AvgIpc) is 2.79. The zero-order chi connectivity index (χ0) is 12.3. The predicted molar refractivity (Wildman–Crippen MR) is 71.0 cm³/mol. The first kappa shape index (κ1) is 12.6. The molecule has 0 fully saturated rings. The van der Waals surface area contributed by atoms with Crippen LogP contribution >= 0.6 is 0 Å². The molecule has 1 aromatic carbocycles. The molecule has 1 atom stereocenters. The van der Waals surface area contributed by atoms with Crippen LogP contribution in [0.1, 0.15) is 50.3 Å². The van der Waals surface area contributed by atoms with Gasteiger partial charge in [-0.25, -0.2) is 0 Å². The summed E-state index contributed by atoms with van der Waals surface area (Å²) >= 11 is 0. The molecule has 0 bridgehead atoms. The number of hydrogen-bond donors (Lipinski definition) is 2. The van der Waals surface area contributed by atoms with E-state index in [0.717, 1.165) is 25.7 Å². The van der Waals surface area contributed by atoms with E-state index in [1.54, 1.807) is 0 Å². The molecule has 0 saturated carbocycles. The lowest BCUT2D eigenvalue weighted by molar-refractivity contribution is 0.0298. The topological polar surface area (TPSA) is 32.3 Å². The van der Waals surface area contributed by atoms with E-state index in [0.29, 0.717) is 12.6 Å². The fourth-order valence-electron chi connectivity index (χ4n) is 2.58. The normalized spacial score (nSPS) is 19.4. The van der Waals surface area contributed by atoms with Gasteiger partial charge in [0.2, 0.25) is 0 Å². The van der Waals surface area contributed by atoms with E-state index in [2.05, 4.69) is 29.6 Å². The van der Waals surface area contributed by atoms with Gasteiger partial charge in [0.25, 0.3) is 0 Å². The van der Waals surface area contributed by atoms with Gasteiger partial charge in [0, 0.05) is 12.6 Å². The first-order valence-electron chi connectivity index (χ1n) is 6.72. The Labute approximate surface area is 104 Å². The fourth-order valence-corrected chi connectivity index (χ4v) is 2.58. The zero-order valence-corrected chi connectivity index (χ0v) is 10.9. The van der Waals surface area contributed by atoms with Crippen molar-refractivity contribution in [2.24, 2.45) is 0 Å². The lowest BCUT2D eigenvalue weighted by Crippen LogP contribution is -2.40. The Morgan fingerprint density at radius 2 is 2.00 bits per heavy atom. The summed E-state index contributed by atoms with van der Waals surface area (Å²) in [7, 11) is 0.